The average molecular weight is 800 g/mol. The minimum absolute atomic E-state index is 0.0354. The van der Waals surface area contributed by atoms with Gasteiger partial charge in [0.1, 0.15) is 6.04 Å². The van der Waals surface area contributed by atoms with Crippen molar-refractivity contribution in [1.29, 1.82) is 0 Å². The van der Waals surface area contributed by atoms with Gasteiger partial charge in [0, 0.05) is 31.1 Å². The first kappa shape index (κ1) is 55.4. The fourth-order valence-corrected chi connectivity index (χ4v) is 6.97. The minimum Gasteiger partial charge on any atom is -0.346 e. The van der Waals surface area contributed by atoms with Gasteiger partial charge in [0.2, 0.25) is 17.6 Å². The quantitative estimate of drug-likeness (QED) is 0.0750. The number of hydrogen-bond donors (Lipinski definition) is 4. The molecule has 1 aromatic rings. The van der Waals surface area contributed by atoms with Gasteiger partial charge in [-0.25, -0.2) is 4.79 Å². The molecule has 1 aliphatic carbocycles. The Bertz CT molecular complexity index is 1250. The Balaban J connectivity index is 0. The first-order valence-electron chi connectivity index (χ1n) is 22.5. The van der Waals surface area contributed by atoms with Crippen LogP contribution in [0.5, 0.6) is 0 Å². The molecule has 3 rings (SSSR count). The van der Waals surface area contributed by atoms with Crippen molar-refractivity contribution in [3.05, 3.63) is 48.6 Å². The van der Waals surface area contributed by atoms with Gasteiger partial charge < -0.3 is 26.2 Å². The molecule has 1 heterocycles. The summed E-state index contributed by atoms with van der Waals surface area (Å²) in [6.45, 7) is 28.4. The van der Waals surface area contributed by atoms with Crippen LogP contribution in [-0.4, -0.2) is 71.2 Å². The number of carbonyl (C=O) groups is 5. The molecule has 1 aliphatic heterocycles. The molecular weight excluding hydrogens is 715 g/mol. The zero-order chi connectivity index (χ0) is 43.9. The Morgan fingerprint density at radius 3 is 1.91 bits per heavy atom. The maximum Gasteiger partial charge on any atom is 0.315 e. The number of nitrogens with one attached hydrogen (secondary N) is 4. The van der Waals surface area contributed by atoms with Gasteiger partial charge in [-0.3, -0.25) is 19.2 Å². The molecule has 0 aromatic heterocycles. The van der Waals surface area contributed by atoms with Gasteiger partial charge in [-0.2, -0.15) is 0 Å². The average Bonchev–Trinajstić information content (AvgIpc) is 3.61. The number of nitrogens with zero attached hydrogens (tertiary/aromatic N) is 1. The number of Topliss-reactive ketones (excluding diaryl/α,β-unsaturated/α-hetero) is 1. The van der Waals surface area contributed by atoms with Crippen LogP contribution < -0.4 is 21.3 Å². The predicted octanol–water partition coefficient (Wildman–Crippen LogP) is 9.85. The largest absolute Gasteiger partial charge is 0.346 e. The molecule has 1 saturated carbocycles. The molecule has 1 aromatic carbocycles. The number of ketones is 1. The van der Waals surface area contributed by atoms with E-state index in [0.717, 1.165) is 44.9 Å². The van der Waals surface area contributed by atoms with E-state index in [0.29, 0.717) is 32.2 Å². The Labute approximate surface area is 348 Å². The van der Waals surface area contributed by atoms with Crippen molar-refractivity contribution >= 4 is 29.5 Å². The standard InChI is InChI=1S/C36H55N5O5.C5H12.3C2H6/c1-6-16-27(31(43)33(45)37-22-7-2)38-32(44)28-19-15-23-41(28)30(42)24-29(35(3,4)5)39-34(46)40-36(20-13-8-9-14-21-36)25-26-17-11-10-12-18-26;1-3-5-4-2;3*1-2/h7,10-12,17-18,27-29H,2,6,8-9,13-16,19-25H2,1,3-5H3,(H,37,45)(H,38,44)(H2,39,40,46);3-5H2,1-2H3;3*1-2H3. The number of unbranched alkanes of at least 4 members (excludes halogenated alkanes) is 2. The van der Waals surface area contributed by atoms with E-state index >= 15 is 0 Å². The number of likely N-dealkylation sites (tertiary alicyclic amines) is 1. The normalized spacial score (nSPS) is 16.6. The van der Waals surface area contributed by atoms with Crippen LogP contribution >= 0.6 is 0 Å². The second-order valence-corrected chi connectivity index (χ2v) is 15.4. The van der Waals surface area contributed by atoms with Crippen molar-refractivity contribution in [2.24, 2.45) is 5.41 Å². The second-order valence-electron chi connectivity index (χ2n) is 15.4. The molecule has 0 radical (unpaired) electrons. The van der Waals surface area contributed by atoms with Crippen LogP contribution in [0.4, 0.5) is 4.79 Å². The van der Waals surface area contributed by atoms with Gasteiger partial charge in [0.15, 0.2) is 0 Å². The molecule has 3 unspecified atom stereocenters. The summed E-state index contributed by atoms with van der Waals surface area (Å²) < 4.78 is 0. The van der Waals surface area contributed by atoms with Crippen LogP contribution in [0.1, 0.15) is 179 Å². The fraction of sp³-hybridized carbons (Fsp3) is 0.723. The summed E-state index contributed by atoms with van der Waals surface area (Å²) >= 11 is 0. The van der Waals surface area contributed by atoms with Gasteiger partial charge in [-0.15, -0.1) is 6.58 Å². The zero-order valence-electron chi connectivity index (χ0n) is 38.4. The smallest absolute Gasteiger partial charge is 0.315 e. The van der Waals surface area contributed by atoms with Gasteiger partial charge in [-0.1, -0.05) is 171 Å². The molecule has 0 spiro atoms. The topological polar surface area (TPSA) is 137 Å². The van der Waals surface area contributed by atoms with E-state index in [4.69, 9.17) is 0 Å². The lowest BCUT2D eigenvalue weighted by Gasteiger charge is -2.37. The van der Waals surface area contributed by atoms with E-state index in [1.165, 1.54) is 30.9 Å². The van der Waals surface area contributed by atoms with Crippen LogP contribution in [0.2, 0.25) is 0 Å². The third-order valence-corrected chi connectivity index (χ3v) is 9.98. The first-order valence-corrected chi connectivity index (χ1v) is 22.5. The summed E-state index contributed by atoms with van der Waals surface area (Å²) in [4.78, 5) is 67.4. The molecule has 3 atom stereocenters. The van der Waals surface area contributed by atoms with Crippen LogP contribution in [-0.2, 0) is 25.6 Å². The summed E-state index contributed by atoms with van der Waals surface area (Å²) in [5.41, 5.74) is 0.394. The van der Waals surface area contributed by atoms with Crippen molar-refractivity contribution in [3.8, 4) is 0 Å². The second kappa shape index (κ2) is 32.3. The van der Waals surface area contributed by atoms with E-state index in [1.807, 2.05) is 87.4 Å². The van der Waals surface area contributed by atoms with Crippen LogP contribution in [0.15, 0.2) is 43.0 Å². The fourth-order valence-electron chi connectivity index (χ4n) is 6.97. The molecule has 2 aliphatic rings. The molecule has 0 bridgehead atoms. The highest BCUT2D eigenvalue weighted by atomic mass is 16.2. The van der Waals surface area contributed by atoms with E-state index in [-0.39, 0.29) is 30.4 Å². The molecule has 4 N–H and O–H groups in total. The summed E-state index contributed by atoms with van der Waals surface area (Å²) in [7, 11) is 0. The number of hydrogen-bond acceptors (Lipinski definition) is 5. The molecule has 1 saturated heterocycles. The summed E-state index contributed by atoms with van der Waals surface area (Å²) in [5.74, 6) is -2.16. The van der Waals surface area contributed by atoms with Gasteiger partial charge in [0.05, 0.1) is 6.04 Å². The molecule has 2 fully saturated rings. The van der Waals surface area contributed by atoms with Crippen LogP contribution in [0.25, 0.3) is 0 Å². The number of amides is 5. The maximum atomic E-state index is 13.7. The van der Waals surface area contributed by atoms with Gasteiger partial charge >= 0.3 is 6.03 Å². The number of rotatable bonds is 16. The van der Waals surface area contributed by atoms with Gasteiger partial charge in [-0.05, 0) is 49.5 Å². The Morgan fingerprint density at radius 2 is 1.42 bits per heavy atom. The van der Waals surface area contributed by atoms with Crippen LogP contribution in [0, 0.1) is 5.41 Å². The summed E-state index contributed by atoms with van der Waals surface area (Å²) in [6.07, 6.45) is 14.6. The Kier molecular flexibility index (Phi) is 31.4. The summed E-state index contributed by atoms with van der Waals surface area (Å²) in [5, 5.41) is 11.7. The number of carbonyl (C=O) groups excluding carboxylic acids is 5. The SMILES string of the molecule is C=CCNC(=O)C(=O)C(CCC)NC(=O)C1CCCN1C(=O)CC(NC(=O)NC1(Cc2ccccc2)CCCCCC1)C(C)(C)C.CC.CC.CC.CCCCC. The summed E-state index contributed by atoms with van der Waals surface area (Å²) in [6, 6.07) is 7.77. The Hall–Kier alpha value is -3.69. The van der Waals surface area contributed by atoms with Crippen molar-refractivity contribution in [2.75, 3.05) is 13.1 Å². The van der Waals surface area contributed by atoms with Crippen molar-refractivity contribution in [3.63, 3.8) is 0 Å². The highest BCUT2D eigenvalue weighted by molar-refractivity contribution is 6.38. The molecular formula is C47H85N5O5. The third-order valence-electron chi connectivity index (χ3n) is 9.98. The Morgan fingerprint density at radius 1 is 0.842 bits per heavy atom. The maximum absolute atomic E-state index is 13.7. The molecule has 57 heavy (non-hydrogen) atoms. The van der Waals surface area contributed by atoms with Crippen molar-refractivity contribution < 1.29 is 24.0 Å². The lowest BCUT2D eigenvalue weighted by Crippen LogP contribution is -2.58. The van der Waals surface area contributed by atoms with E-state index < -0.39 is 41.1 Å². The lowest BCUT2D eigenvalue weighted by molar-refractivity contribution is -0.142. The lowest BCUT2D eigenvalue weighted by atomic mass is 9.83. The highest BCUT2D eigenvalue weighted by Gasteiger charge is 2.40. The predicted molar refractivity (Wildman–Crippen MR) is 239 cm³/mol. The highest BCUT2D eigenvalue weighted by Crippen LogP contribution is 2.31. The number of urea groups is 1. The van der Waals surface area contributed by atoms with E-state index in [9.17, 15) is 24.0 Å². The zero-order valence-corrected chi connectivity index (χ0v) is 38.4. The monoisotopic (exact) mass is 800 g/mol. The first-order chi connectivity index (χ1) is 27.3. The van der Waals surface area contributed by atoms with Crippen LogP contribution in [0.3, 0.4) is 0 Å². The molecule has 10 heteroatoms. The molecule has 328 valence electrons. The van der Waals surface area contributed by atoms with Crippen molar-refractivity contribution in [1.82, 2.24) is 26.2 Å². The minimum atomic E-state index is -0.972. The van der Waals surface area contributed by atoms with Gasteiger partial charge in [0.25, 0.3) is 5.91 Å². The number of benzene rings is 1. The van der Waals surface area contributed by atoms with Crippen molar-refractivity contribution in [2.45, 2.75) is 203 Å². The van der Waals surface area contributed by atoms with E-state index in [2.05, 4.69) is 53.8 Å². The third kappa shape index (κ3) is 21.6. The molecule has 5 amide bonds. The molecule has 10 nitrogen and oxygen atoms in total. The van der Waals surface area contributed by atoms with E-state index in [1.54, 1.807) is 4.90 Å².